The standard InChI is InChI=1S/C17H21NO3/c1-12(14-4-6-15(20-3)7-5-14)8-10-18-17(19)16-9-11-21-13(16)2/h4-7,9,11-12H,8,10H2,1-3H3,(H,18,19). The van der Waals surface area contributed by atoms with Crippen LogP contribution in [-0.2, 0) is 0 Å². The molecule has 1 aromatic heterocycles. The smallest absolute Gasteiger partial charge is 0.254 e. The molecule has 0 fully saturated rings. The van der Waals surface area contributed by atoms with Crippen molar-refractivity contribution in [3.05, 3.63) is 53.5 Å². The van der Waals surface area contributed by atoms with Crippen molar-refractivity contribution in [3.8, 4) is 5.75 Å². The first kappa shape index (κ1) is 15.2. The van der Waals surface area contributed by atoms with E-state index in [0.717, 1.165) is 12.2 Å². The molecular formula is C17H21NO3. The van der Waals surface area contributed by atoms with E-state index in [1.165, 1.54) is 11.8 Å². The van der Waals surface area contributed by atoms with Gasteiger partial charge in [0.1, 0.15) is 11.5 Å². The summed E-state index contributed by atoms with van der Waals surface area (Å²) in [5.41, 5.74) is 1.84. The molecule has 0 aliphatic carbocycles. The van der Waals surface area contributed by atoms with E-state index in [1.807, 2.05) is 12.1 Å². The summed E-state index contributed by atoms with van der Waals surface area (Å²) < 4.78 is 10.3. The highest BCUT2D eigenvalue weighted by Crippen LogP contribution is 2.21. The molecule has 0 saturated carbocycles. The number of furan rings is 1. The lowest BCUT2D eigenvalue weighted by Crippen LogP contribution is -2.25. The van der Waals surface area contributed by atoms with Gasteiger partial charge in [0.05, 0.1) is 18.9 Å². The molecule has 4 nitrogen and oxygen atoms in total. The number of aryl methyl sites for hydroxylation is 1. The summed E-state index contributed by atoms with van der Waals surface area (Å²) in [4.78, 5) is 11.9. The van der Waals surface area contributed by atoms with Crippen molar-refractivity contribution in [2.24, 2.45) is 0 Å². The van der Waals surface area contributed by atoms with E-state index in [0.29, 0.717) is 23.8 Å². The maximum Gasteiger partial charge on any atom is 0.254 e. The molecule has 0 spiro atoms. The zero-order chi connectivity index (χ0) is 15.2. The molecule has 1 atom stereocenters. The Hall–Kier alpha value is -2.23. The van der Waals surface area contributed by atoms with Crippen LogP contribution in [0.25, 0.3) is 0 Å². The van der Waals surface area contributed by atoms with Gasteiger partial charge in [0.15, 0.2) is 0 Å². The van der Waals surface area contributed by atoms with E-state index in [-0.39, 0.29) is 5.91 Å². The third-order valence-corrected chi connectivity index (χ3v) is 3.65. The van der Waals surface area contributed by atoms with Gasteiger partial charge in [-0.15, -0.1) is 0 Å². The molecule has 1 amide bonds. The fourth-order valence-corrected chi connectivity index (χ4v) is 2.22. The number of hydrogen-bond donors (Lipinski definition) is 1. The number of methoxy groups -OCH3 is 1. The normalized spacial score (nSPS) is 12.0. The monoisotopic (exact) mass is 287 g/mol. The van der Waals surface area contributed by atoms with Crippen molar-refractivity contribution < 1.29 is 13.9 Å². The zero-order valence-corrected chi connectivity index (χ0v) is 12.7. The molecule has 1 aromatic carbocycles. The molecule has 1 unspecified atom stereocenters. The van der Waals surface area contributed by atoms with Crippen molar-refractivity contribution in [2.45, 2.75) is 26.2 Å². The molecular weight excluding hydrogens is 266 g/mol. The molecule has 0 radical (unpaired) electrons. The lowest BCUT2D eigenvalue weighted by molar-refractivity contribution is 0.0951. The van der Waals surface area contributed by atoms with Gasteiger partial charge in [0.25, 0.3) is 5.91 Å². The highest BCUT2D eigenvalue weighted by molar-refractivity contribution is 5.94. The van der Waals surface area contributed by atoms with E-state index < -0.39 is 0 Å². The van der Waals surface area contributed by atoms with Gasteiger partial charge in [-0.2, -0.15) is 0 Å². The molecule has 1 heterocycles. The quantitative estimate of drug-likeness (QED) is 0.884. The van der Waals surface area contributed by atoms with Crippen LogP contribution in [0, 0.1) is 6.92 Å². The Morgan fingerprint density at radius 1 is 1.29 bits per heavy atom. The second kappa shape index (κ2) is 6.97. The minimum absolute atomic E-state index is 0.0804. The van der Waals surface area contributed by atoms with E-state index in [4.69, 9.17) is 9.15 Å². The summed E-state index contributed by atoms with van der Waals surface area (Å²) in [6.45, 7) is 4.57. The van der Waals surface area contributed by atoms with Crippen LogP contribution in [0.15, 0.2) is 41.0 Å². The van der Waals surface area contributed by atoms with Gasteiger partial charge in [0, 0.05) is 6.54 Å². The molecule has 0 bridgehead atoms. The van der Waals surface area contributed by atoms with E-state index in [9.17, 15) is 4.79 Å². The number of benzene rings is 1. The average Bonchev–Trinajstić information content (AvgIpc) is 2.93. The van der Waals surface area contributed by atoms with Crippen LogP contribution in [0.1, 0.15) is 40.9 Å². The Morgan fingerprint density at radius 3 is 2.57 bits per heavy atom. The SMILES string of the molecule is COc1ccc(C(C)CCNC(=O)c2ccoc2C)cc1. The van der Waals surface area contributed by atoms with Crippen molar-refractivity contribution in [1.29, 1.82) is 0 Å². The van der Waals surface area contributed by atoms with Gasteiger partial charge in [-0.3, -0.25) is 4.79 Å². The fraction of sp³-hybridized carbons (Fsp3) is 0.353. The van der Waals surface area contributed by atoms with E-state index in [2.05, 4.69) is 24.4 Å². The molecule has 0 aliphatic rings. The van der Waals surface area contributed by atoms with Crippen LogP contribution in [0.3, 0.4) is 0 Å². The summed E-state index contributed by atoms with van der Waals surface area (Å²) in [7, 11) is 1.66. The largest absolute Gasteiger partial charge is 0.497 e. The maximum absolute atomic E-state index is 11.9. The second-order valence-corrected chi connectivity index (χ2v) is 5.11. The Labute approximate surface area is 125 Å². The molecule has 112 valence electrons. The molecule has 0 saturated heterocycles. The summed E-state index contributed by atoms with van der Waals surface area (Å²) in [6, 6.07) is 9.73. The van der Waals surface area contributed by atoms with Crippen LogP contribution >= 0.6 is 0 Å². The first-order valence-electron chi connectivity index (χ1n) is 7.08. The summed E-state index contributed by atoms with van der Waals surface area (Å²) in [5, 5.41) is 2.93. The second-order valence-electron chi connectivity index (χ2n) is 5.11. The fourth-order valence-electron chi connectivity index (χ4n) is 2.22. The Kier molecular flexibility index (Phi) is 5.04. The van der Waals surface area contributed by atoms with Gasteiger partial charge >= 0.3 is 0 Å². The molecule has 2 rings (SSSR count). The summed E-state index contributed by atoms with van der Waals surface area (Å²) >= 11 is 0. The minimum atomic E-state index is -0.0804. The number of amides is 1. The predicted molar refractivity (Wildman–Crippen MR) is 81.8 cm³/mol. The van der Waals surface area contributed by atoms with E-state index in [1.54, 1.807) is 20.1 Å². The topological polar surface area (TPSA) is 51.5 Å². The van der Waals surface area contributed by atoms with Crippen LogP contribution in [-0.4, -0.2) is 19.6 Å². The van der Waals surface area contributed by atoms with Crippen LogP contribution in [0.5, 0.6) is 5.75 Å². The first-order chi connectivity index (χ1) is 10.1. The Balaban J connectivity index is 1.82. The van der Waals surface area contributed by atoms with Crippen molar-refractivity contribution in [1.82, 2.24) is 5.32 Å². The van der Waals surface area contributed by atoms with Crippen LogP contribution in [0.4, 0.5) is 0 Å². The molecule has 2 aromatic rings. The van der Waals surface area contributed by atoms with E-state index >= 15 is 0 Å². The summed E-state index contributed by atoms with van der Waals surface area (Å²) in [5.74, 6) is 1.80. The molecule has 1 N–H and O–H groups in total. The van der Waals surface area contributed by atoms with Crippen molar-refractivity contribution in [2.75, 3.05) is 13.7 Å². The number of carbonyl (C=O) groups excluding carboxylic acids is 1. The Bertz CT molecular complexity index is 586. The third-order valence-electron chi connectivity index (χ3n) is 3.65. The zero-order valence-electron chi connectivity index (χ0n) is 12.7. The minimum Gasteiger partial charge on any atom is -0.497 e. The van der Waals surface area contributed by atoms with Gasteiger partial charge in [-0.05, 0) is 43.0 Å². The first-order valence-corrected chi connectivity index (χ1v) is 7.08. The summed E-state index contributed by atoms with van der Waals surface area (Å²) in [6.07, 6.45) is 2.42. The van der Waals surface area contributed by atoms with Gasteiger partial charge < -0.3 is 14.5 Å². The molecule has 4 heteroatoms. The molecule has 0 aliphatic heterocycles. The number of nitrogens with one attached hydrogen (secondary N) is 1. The van der Waals surface area contributed by atoms with Gasteiger partial charge in [0.2, 0.25) is 0 Å². The maximum atomic E-state index is 11.9. The number of ether oxygens (including phenoxy) is 1. The lowest BCUT2D eigenvalue weighted by atomic mass is 9.98. The predicted octanol–water partition coefficient (Wildman–Crippen LogP) is 3.52. The lowest BCUT2D eigenvalue weighted by Gasteiger charge is -2.13. The average molecular weight is 287 g/mol. The third kappa shape index (κ3) is 3.88. The van der Waals surface area contributed by atoms with Crippen molar-refractivity contribution >= 4 is 5.91 Å². The molecule has 21 heavy (non-hydrogen) atoms. The number of hydrogen-bond acceptors (Lipinski definition) is 3. The van der Waals surface area contributed by atoms with Gasteiger partial charge in [-0.1, -0.05) is 19.1 Å². The number of carbonyl (C=O) groups is 1. The van der Waals surface area contributed by atoms with Crippen LogP contribution < -0.4 is 10.1 Å². The van der Waals surface area contributed by atoms with Crippen LogP contribution in [0.2, 0.25) is 0 Å². The van der Waals surface area contributed by atoms with Crippen molar-refractivity contribution in [3.63, 3.8) is 0 Å². The highest BCUT2D eigenvalue weighted by atomic mass is 16.5. The van der Waals surface area contributed by atoms with Gasteiger partial charge in [-0.25, -0.2) is 0 Å². The Morgan fingerprint density at radius 2 is 2.00 bits per heavy atom. The highest BCUT2D eigenvalue weighted by Gasteiger charge is 2.11. The number of rotatable bonds is 6.